The lowest BCUT2D eigenvalue weighted by molar-refractivity contribution is -0.139. The third-order valence-corrected chi connectivity index (χ3v) is 5.32. The molecular weight excluding hydrogens is 444 g/mol. The van der Waals surface area contributed by atoms with Crippen LogP contribution in [0, 0.1) is 11.8 Å². The van der Waals surface area contributed by atoms with E-state index in [-0.39, 0.29) is 43.4 Å². The van der Waals surface area contributed by atoms with E-state index in [0.717, 1.165) is 0 Å². The van der Waals surface area contributed by atoms with Crippen molar-refractivity contribution in [2.75, 3.05) is 6.54 Å². The standard InChI is InChI=1S/C23H40N4O7/c1-7-14(4)21(27-19(30)10-11-24-18(29)8-9-20(31)32)23(34)25-15(5)22(33)26-17(16(6)28)12-13(2)3/h13-15,17,21H,7-12H2,1-6H3,(H,24,29)(H,25,34)(H,26,33)(H,27,30)(H,31,32). The van der Waals surface area contributed by atoms with Crippen LogP contribution in [0.4, 0.5) is 0 Å². The largest absolute Gasteiger partial charge is 0.481 e. The van der Waals surface area contributed by atoms with Gasteiger partial charge in [-0.1, -0.05) is 34.1 Å². The average Bonchev–Trinajstić information content (AvgIpc) is 2.74. The number of carboxylic acids is 1. The number of carboxylic acid groups (broad SMARTS) is 1. The molecule has 4 atom stereocenters. The van der Waals surface area contributed by atoms with Gasteiger partial charge < -0.3 is 26.4 Å². The third-order valence-electron chi connectivity index (χ3n) is 5.32. The first kappa shape index (κ1) is 31.0. The smallest absolute Gasteiger partial charge is 0.303 e. The van der Waals surface area contributed by atoms with Gasteiger partial charge in [0.1, 0.15) is 12.1 Å². The minimum atomic E-state index is -1.09. The number of hydrogen-bond donors (Lipinski definition) is 5. The van der Waals surface area contributed by atoms with Gasteiger partial charge in [0, 0.05) is 19.4 Å². The van der Waals surface area contributed by atoms with Crippen molar-refractivity contribution in [1.29, 1.82) is 0 Å². The Bertz CT molecular complexity index is 739. The molecule has 0 saturated carbocycles. The Balaban J connectivity index is 4.88. The Kier molecular flexibility index (Phi) is 14.4. The Morgan fingerprint density at radius 3 is 1.91 bits per heavy atom. The van der Waals surface area contributed by atoms with Crippen molar-refractivity contribution in [1.82, 2.24) is 21.3 Å². The molecule has 4 amide bonds. The minimum Gasteiger partial charge on any atom is -0.481 e. The fourth-order valence-electron chi connectivity index (χ4n) is 3.04. The Morgan fingerprint density at radius 2 is 1.41 bits per heavy atom. The van der Waals surface area contributed by atoms with Crippen LogP contribution in [0.2, 0.25) is 0 Å². The molecule has 0 spiro atoms. The summed E-state index contributed by atoms with van der Waals surface area (Å²) in [5, 5.41) is 18.9. The molecule has 0 bridgehead atoms. The molecule has 0 aromatic carbocycles. The molecule has 4 unspecified atom stereocenters. The summed E-state index contributed by atoms with van der Waals surface area (Å²) in [6.45, 7) is 10.4. The zero-order valence-corrected chi connectivity index (χ0v) is 21.0. The second-order valence-electron chi connectivity index (χ2n) is 8.96. The maximum atomic E-state index is 12.8. The predicted molar refractivity (Wildman–Crippen MR) is 126 cm³/mol. The van der Waals surface area contributed by atoms with Crippen LogP contribution in [0.3, 0.4) is 0 Å². The highest BCUT2D eigenvalue weighted by Gasteiger charge is 2.29. The van der Waals surface area contributed by atoms with E-state index in [0.29, 0.717) is 12.8 Å². The van der Waals surface area contributed by atoms with Gasteiger partial charge in [0.25, 0.3) is 0 Å². The second kappa shape index (κ2) is 15.8. The first-order valence-electron chi connectivity index (χ1n) is 11.7. The molecular formula is C23H40N4O7. The number of aliphatic carboxylic acids is 1. The van der Waals surface area contributed by atoms with Crippen molar-refractivity contribution in [2.45, 2.75) is 91.8 Å². The molecule has 0 aromatic heterocycles. The van der Waals surface area contributed by atoms with Gasteiger partial charge >= 0.3 is 5.97 Å². The van der Waals surface area contributed by atoms with Gasteiger partial charge in [0.2, 0.25) is 23.6 Å². The number of carbonyl (C=O) groups is 6. The third kappa shape index (κ3) is 12.9. The van der Waals surface area contributed by atoms with Crippen LogP contribution in [0.5, 0.6) is 0 Å². The SMILES string of the molecule is CCC(C)C(NC(=O)CCNC(=O)CCC(=O)O)C(=O)NC(C)C(=O)NC(CC(C)C)C(C)=O. The van der Waals surface area contributed by atoms with Crippen molar-refractivity contribution in [3.8, 4) is 0 Å². The monoisotopic (exact) mass is 484 g/mol. The summed E-state index contributed by atoms with van der Waals surface area (Å²) in [5.41, 5.74) is 0. The van der Waals surface area contributed by atoms with Gasteiger partial charge in [-0.15, -0.1) is 0 Å². The fraction of sp³-hybridized carbons (Fsp3) is 0.739. The van der Waals surface area contributed by atoms with Crippen molar-refractivity contribution < 1.29 is 33.9 Å². The number of carbonyl (C=O) groups excluding carboxylic acids is 5. The van der Waals surface area contributed by atoms with Crippen LogP contribution in [-0.4, -0.2) is 65.2 Å². The first-order chi connectivity index (χ1) is 15.8. The summed E-state index contributed by atoms with van der Waals surface area (Å²) in [5.74, 6) is -3.25. The molecule has 5 N–H and O–H groups in total. The highest BCUT2D eigenvalue weighted by atomic mass is 16.4. The molecule has 194 valence electrons. The molecule has 0 aromatic rings. The average molecular weight is 485 g/mol. The van der Waals surface area contributed by atoms with Gasteiger partial charge in [-0.25, -0.2) is 0 Å². The lowest BCUT2D eigenvalue weighted by Gasteiger charge is -2.26. The number of amides is 4. The molecule has 34 heavy (non-hydrogen) atoms. The molecule has 0 aliphatic rings. The van der Waals surface area contributed by atoms with E-state index >= 15 is 0 Å². The summed E-state index contributed by atoms with van der Waals surface area (Å²) in [6, 6.07) is -2.45. The topological polar surface area (TPSA) is 171 Å². The lowest BCUT2D eigenvalue weighted by Crippen LogP contribution is -2.56. The van der Waals surface area contributed by atoms with Crippen molar-refractivity contribution in [3.05, 3.63) is 0 Å². The van der Waals surface area contributed by atoms with Gasteiger partial charge in [-0.3, -0.25) is 28.8 Å². The molecule has 0 rings (SSSR count). The van der Waals surface area contributed by atoms with Crippen LogP contribution < -0.4 is 21.3 Å². The van der Waals surface area contributed by atoms with E-state index in [2.05, 4.69) is 21.3 Å². The zero-order chi connectivity index (χ0) is 26.4. The maximum Gasteiger partial charge on any atom is 0.303 e. The normalized spacial score (nSPS) is 14.3. The molecule has 0 saturated heterocycles. The van der Waals surface area contributed by atoms with E-state index in [1.54, 1.807) is 6.92 Å². The molecule has 0 aliphatic heterocycles. The summed E-state index contributed by atoms with van der Waals surface area (Å²) in [4.78, 5) is 71.5. The lowest BCUT2D eigenvalue weighted by atomic mass is 9.97. The Hall–Kier alpha value is -2.98. The van der Waals surface area contributed by atoms with E-state index in [9.17, 15) is 28.8 Å². The summed E-state index contributed by atoms with van der Waals surface area (Å²) >= 11 is 0. The Morgan fingerprint density at radius 1 is 0.794 bits per heavy atom. The minimum absolute atomic E-state index is 0.000224. The van der Waals surface area contributed by atoms with Crippen LogP contribution in [0.25, 0.3) is 0 Å². The molecule has 11 nitrogen and oxygen atoms in total. The number of rotatable bonds is 16. The first-order valence-corrected chi connectivity index (χ1v) is 11.7. The van der Waals surface area contributed by atoms with E-state index < -0.39 is 47.7 Å². The quantitative estimate of drug-likeness (QED) is 0.212. The van der Waals surface area contributed by atoms with Crippen molar-refractivity contribution >= 4 is 35.4 Å². The fourth-order valence-corrected chi connectivity index (χ4v) is 3.04. The highest BCUT2D eigenvalue weighted by Crippen LogP contribution is 2.09. The second-order valence-corrected chi connectivity index (χ2v) is 8.96. The summed E-state index contributed by atoms with van der Waals surface area (Å²) in [6.07, 6.45) is 0.498. The van der Waals surface area contributed by atoms with Gasteiger partial charge in [0.05, 0.1) is 12.5 Å². The van der Waals surface area contributed by atoms with Crippen molar-refractivity contribution in [2.24, 2.45) is 11.8 Å². The number of nitrogens with one attached hydrogen (secondary N) is 4. The molecule has 0 radical (unpaired) electrons. The summed E-state index contributed by atoms with van der Waals surface area (Å²) < 4.78 is 0. The van der Waals surface area contributed by atoms with Crippen molar-refractivity contribution in [3.63, 3.8) is 0 Å². The highest BCUT2D eigenvalue weighted by molar-refractivity contribution is 5.94. The number of hydrogen-bond acceptors (Lipinski definition) is 6. The van der Waals surface area contributed by atoms with Gasteiger partial charge in [-0.2, -0.15) is 0 Å². The van der Waals surface area contributed by atoms with E-state index in [1.807, 2.05) is 20.8 Å². The predicted octanol–water partition coefficient (Wildman–Crippen LogP) is 0.513. The van der Waals surface area contributed by atoms with Gasteiger partial charge in [0.15, 0.2) is 5.78 Å². The molecule has 0 fully saturated rings. The van der Waals surface area contributed by atoms with Gasteiger partial charge in [-0.05, 0) is 32.1 Å². The van der Waals surface area contributed by atoms with Crippen LogP contribution in [0.15, 0.2) is 0 Å². The summed E-state index contributed by atoms with van der Waals surface area (Å²) in [7, 11) is 0. The molecule has 0 aliphatic carbocycles. The number of ketones is 1. The number of Topliss-reactive ketones (excluding diaryl/α,β-unsaturated/α-hetero) is 1. The van der Waals surface area contributed by atoms with E-state index in [1.165, 1.54) is 13.8 Å². The van der Waals surface area contributed by atoms with Crippen LogP contribution >= 0.6 is 0 Å². The molecule has 0 heterocycles. The van der Waals surface area contributed by atoms with E-state index in [4.69, 9.17) is 5.11 Å². The zero-order valence-electron chi connectivity index (χ0n) is 21.0. The van der Waals surface area contributed by atoms with Crippen LogP contribution in [-0.2, 0) is 28.8 Å². The maximum absolute atomic E-state index is 12.8. The van der Waals surface area contributed by atoms with Crippen LogP contribution in [0.1, 0.15) is 73.6 Å². The Labute approximate surface area is 201 Å². The molecule has 11 heteroatoms.